The van der Waals surface area contributed by atoms with Gasteiger partial charge in [0, 0.05) is 33.9 Å². The number of hydrogen-bond acceptors (Lipinski definition) is 7. The van der Waals surface area contributed by atoms with E-state index < -0.39 is 0 Å². The molecular weight excluding hydrogens is 438 g/mol. The highest BCUT2D eigenvalue weighted by atomic mass is 32.2. The lowest BCUT2D eigenvalue weighted by atomic mass is 10.1. The van der Waals surface area contributed by atoms with Crippen LogP contribution in [0.2, 0.25) is 0 Å². The van der Waals surface area contributed by atoms with Crippen LogP contribution in [0, 0.1) is 5.92 Å². The minimum absolute atomic E-state index is 0.231. The lowest BCUT2D eigenvalue weighted by Gasteiger charge is -2.09. The lowest BCUT2D eigenvalue weighted by molar-refractivity contribution is -0.111. The standard InChI is InChI=1S/C24H27N5OS2/c1-4-22(30)27-18-5-9-20(10-6-18)31-23-14-15-25-24(29-23)28-19-7-11-21(12-8-19)32-26-16-13-17(2)3/h4-12,14-15,17,26H,1,13,16H2,2-3H3,(H,27,30)(H,25,28,29). The second kappa shape index (κ2) is 12.3. The summed E-state index contributed by atoms with van der Waals surface area (Å²) in [6.45, 7) is 8.90. The van der Waals surface area contributed by atoms with Crippen LogP contribution in [0.25, 0.3) is 0 Å². The molecular formula is C24H27N5OS2. The van der Waals surface area contributed by atoms with Crippen molar-refractivity contribution in [1.82, 2.24) is 14.7 Å². The van der Waals surface area contributed by atoms with Crippen LogP contribution in [0.5, 0.6) is 0 Å². The average molecular weight is 466 g/mol. The van der Waals surface area contributed by atoms with E-state index in [2.05, 4.69) is 57.9 Å². The number of amides is 1. The van der Waals surface area contributed by atoms with Gasteiger partial charge in [0.05, 0.1) is 0 Å². The molecule has 0 aliphatic heterocycles. The summed E-state index contributed by atoms with van der Waals surface area (Å²) in [7, 11) is 0. The molecule has 1 heterocycles. The van der Waals surface area contributed by atoms with E-state index in [1.54, 1.807) is 18.1 Å². The topological polar surface area (TPSA) is 78.9 Å². The van der Waals surface area contributed by atoms with E-state index in [9.17, 15) is 4.79 Å². The minimum atomic E-state index is -0.231. The van der Waals surface area contributed by atoms with Crippen molar-refractivity contribution in [3.63, 3.8) is 0 Å². The fourth-order valence-electron chi connectivity index (χ4n) is 2.60. The van der Waals surface area contributed by atoms with Crippen LogP contribution in [0.15, 0.2) is 88.3 Å². The highest BCUT2D eigenvalue weighted by Crippen LogP contribution is 2.28. The van der Waals surface area contributed by atoms with Crippen molar-refractivity contribution in [3.8, 4) is 0 Å². The molecule has 0 aliphatic rings. The first-order valence-electron chi connectivity index (χ1n) is 10.3. The first-order chi connectivity index (χ1) is 15.5. The smallest absolute Gasteiger partial charge is 0.247 e. The predicted octanol–water partition coefficient (Wildman–Crippen LogP) is 6.14. The molecule has 32 heavy (non-hydrogen) atoms. The van der Waals surface area contributed by atoms with Crippen molar-refractivity contribution in [3.05, 3.63) is 73.4 Å². The third-order valence-electron chi connectivity index (χ3n) is 4.28. The zero-order valence-electron chi connectivity index (χ0n) is 18.2. The Balaban J connectivity index is 1.54. The quantitative estimate of drug-likeness (QED) is 0.136. The summed E-state index contributed by atoms with van der Waals surface area (Å²) in [5.41, 5.74) is 1.65. The van der Waals surface area contributed by atoms with Gasteiger partial charge in [-0.3, -0.25) is 9.52 Å². The lowest BCUT2D eigenvalue weighted by Crippen LogP contribution is -2.07. The number of carbonyl (C=O) groups is 1. The first kappa shape index (κ1) is 23.8. The minimum Gasteiger partial charge on any atom is -0.324 e. The molecule has 166 valence electrons. The van der Waals surface area contributed by atoms with Gasteiger partial charge >= 0.3 is 0 Å². The fourth-order valence-corrected chi connectivity index (χ4v) is 4.03. The average Bonchev–Trinajstić information content (AvgIpc) is 2.79. The van der Waals surface area contributed by atoms with Gasteiger partial charge in [-0.1, -0.05) is 32.2 Å². The number of nitrogens with zero attached hydrogens (tertiary/aromatic N) is 2. The third kappa shape index (κ3) is 8.03. The van der Waals surface area contributed by atoms with Crippen LogP contribution in [-0.4, -0.2) is 22.4 Å². The van der Waals surface area contributed by atoms with E-state index in [1.807, 2.05) is 42.5 Å². The molecule has 2 aromatic carbocycles. The number of aromatic nitrogens is 2. The number of hydrogen-bond donors (Lipinski definition) is 3. The van der Waals surface area contributed by atoms with Crippen molar-refractivity contribution < 1.29 is 4.79 Å². The second-order valence-corrected chi connectivity index (χ2v) is 9.42. The maximum atomic E-state index is 11.4. The van der Waals surface area contributed by atoms with Gasteiger partial charge in [-0.2, -0.15) is 0 Å². The molecule has 0 saturated carbocycles. The van der Waals surface area contributed by atoms with Gasteiger partial charge in [-0.05, 0) is 85.0 Å². The Labute approximate surface area is 197 Å². The van der Waals surface area contributed by atoms with Crippen molar-refractivity contribution in [2.24, 2.45) is 5.92 Å². The van der Waals surface area contributed by atoms with Crippen molar-refractivity contribution >= 4 is 46.9 Å². The normalized spacial score (nSPS) is 10.7. The summed E-state index contributed by atoms with van der Waals surface area (Å²) in [6, 6.07) is 17.6. The number of rotatable bonds is 11. The highest BCUT2D eigenvalue weighted by Gasteiger charge is 2.04. The van der Waals surface area contributed by atoms with E-state index in [0.29, 0.717) is 11.9 Å². The Hall–Kier alpha value is -2.81. The molecule has 3 rings (SSSR count). The van der Waals surface area contributed by atoms with E-state index >= 15 is 0 Å². The Morgan fingerprint density at radius 3 is 2.41 bits per heavy atom. The van der Waals surface area contributed by atoms with Gasteiger partial charge in [0.2, 0.25) is 11.9 Å². The van der Waals surface area contributed by atoms with Crippen LogP contribution in [0.1, 0.15) is 20.3 Å². The molecule has 3 aromatic rings. The summed E-state index contributed by atoms with van der Waals surface area (Å²) in [5.74, 6) is 1.01. The molecule has 8 heteroatoms. The van der Waals surface area contributed by atoms with Crippen LogP contribution < -0.4 is 15.4 Å². The highest BCUT2D eigenvalue weighted by molar-refractivity contribution is 7.99. The van der Waals surface area contributed by atoms with E-state index in [-0.39, 0.29) is 5.91 Å². The fraction of sp³-hybridized carbons (Fsp3) is 0.208. The summed E-state index contributed by atoms with van der Waals surface area (Å²) in [4.78, 5) is 22.5. The Kier molecular flexibility index (Phi) is 9.15. The molecule has 0 aliphatic carbocycles. The Morgan fingerprint density at radius 1 is 1.03 bits per heavy atom. The molecule has 1 amide bonds. The second-order valence-electron chi connectivity index (χ2n) is 7.37. The number of nitrogens with one attached hydrogen (secondary N) is 3. The summed E-state index contributed by atoms with van der Waals surface area (Å²) >= 11 is 3.17. The third-order valence-corrected chi connectivity index (χ3v) is 6.08. The molecule has 0 radical (unpaired) electrons. The van der Waals surface area contributed by atoms with E-state index in [4.69, 9.17) is 0 Å². The molecule has 0 unspecified atom stereocenters. The molecule has 3 N–H and O–H groups in total. The van der Waals surface area contributed by atoms with Crippen molar-refractivity contribution in [2.75, 3.05) is 17.2 Å². The molecule has 1 aromatic heterocycles. The molecule has 0 saturated heterocycles. The number of anilines is 3. The molecule has 0 fully saturated rings. The maximum absolute atomic E-state index is 11.4. The Morgan fingerprint density at radius 2 is 1.72 bits per heavy atom. The van der Waals surface area contributed by atoms with Crippen molar-refractivity contribution in [1.29, 1.82) is 0 Å². The Bertz CT molecular complexity index is 1020. The van der Waals surface area contributed by atoms with Gasteiger partial charge in [-0.15, -0.1) is 0 Å². The largest absolute Gasteiger partial charge is 0.324 e. The zero-order chi connectivity index (χ0) is 22.8. The van der Waals surface area contributed by atoms with Gasteiger partial charge in [0.1, 0.15) is 5.03 Å². The van der Waals surface area contributed by atoms with Crippen LogP contribution in [-0.2, 0) is 4.79 Å². The van der Waals surface area contributed by atoms with E-state index in [0.717, 1.165) is 39.2 Å². The molecule has 0 atom stereocenters. The maximum Gasteiger partial charge on any atom is 0.247 e. The van der Waals surface area contributed by atoms with Gasteiger partial charge in [0.25, 0.3) is 0 Å². The van der Waals surface area contributed by atoms with Crippen molar-refractivity contribution in [2.45, 2.75) is 35.1 Å². The molecule has 0 bridgehead atoms. The first-order valence-corrected chi connectivity index (χ1v) is 12.0. The summed E-state index contributed by atoms with van der Waals surface area (Å²) < 4.78 is 3.39. The summed E-state index contributed by atoms with van der Waals surface area (Å²) in [6.07, 6.45) is 4.14. The van der Waals surface area contributed by atoms with Crippen LogP contribution in [0.4, 0.5) is 17.3 Å². The predicted molar refractivity (Wildman–Crippen MR) is 134 cm³/mol. The zero-order valence-corrected chi connectivity index (χ0v) is 19.8. The molecule has 6 nitrogen and oxygen atoms in total. The van der Waals surface area contributed by atoms with Crippen LogP contribution >= 0.6 is 23.7 Å². The SMILES string of the molecule is C=CC(=O)Nc1ccc(Sc2ccnc(Nc3ccc(SNCCC(C)C)cc3)n2)cc1. The van der Waals surface area contributed by atoms with Gasteiger partial charge in [0.15, 0.2) is 0 Å². The summed E-state index contributed by atoms with van der Waals surface area (Å²) in [5, 5.41) is 6.81. The van der Waals surface area contributed by atoms with E-state index in [1.165, 1.54) is 17.8 Å². The number of carbonyl (C=O) groups excluding carboxylic acids is 1. The number of benzene rings is 2. The van der Waals surface area contributed by atoms with Crippen LogP contribution in [0.3, 0.4) is 0 Å². The van der Waals surface area contributed by atoms with Gasteiger partial charge < -0.3 is 10.6 Å². The van der Waals surface area contributed by atoms with Gasteiger partial charge in [-0.25, -0.2) is 9.97 Å². The monoisotopic (exact) mass is 465 g/mol. The molecule has 0 spiro atoms.